The number of ketones is 1. The zero-order valence-electron chi connectivity index (χ0n) is 14.9. The molecule has 0 radical (unpaired) electrons. The summed E-state index contributed by atoms with van der Waals surface area (Å²) in [6.07, 6.45) is 5.43. The fraction of sp³-hybridized carbons (Fsp3) is 0.0435. The van der Waals surface area contributed by atoms with Crippen molar-refractivity contribution in [2.24, 2.45) is 0 Å². The smallest absolute Gasteiger partial charge is 0.185 e. The van der Waals surface area contributed by atoms with Crippen LogP contribution < -0.4 is 0 Å². The third kappa shape index (κ3) is 3.81. The first kappa shape index (κ1) is 17.2. The minimum absolute atomic E-state index is 0.0143. The lowest BCUT2D eigenvalue weighted by Gasteiger charge is -1.99. The number of nitrogens with zero attached hydrogens (tertiary/aromatic N) is 2. The van der Waals surface area contributed by atoms with E-state index in [1.807, 2.05) is 96.0 Å². The largest absolute Gasteiger partial charge is 0.289 e. The Balaban J connectivity index is 1.69. The molecule has 132 valence electrons. The molecule has 0 N–H and O–H groups in total. The van der Waals surface area contributed by atoms with Gasteiger partial charge in [-0.15, -0.1) is 11.3 Å². The average Bonchev–Trinajstić information content (AvgIpc) is 3.37. The highest BCUT2D eigenvalue weighted by atomic mass is 32.1. The quantitative estimate of drug-likeness (QED) is 0.328. The molecule has 2 aromatic heterocycles. The van der Waals surface area contributed by atoms with Crippen LogP contribution in [0.1, 0.15) is 21.5 Å². The van der Waals surface area contributed by atoms with Crippen LogP contribution >= 0.6 is 11.3 Å². The molecule has 0 saturated carbocycles. The first-order valence-electron chi connectivity index (χ1n) is 8.69. The molecule has 0 bridgehead atoms. The first-order valence-corrected chi connectivity index (χ1v) is 9.57. The predicted octanol–water partition coefficient (Wildman–Crippen LogP) is 5.81. The maximum absolute atomic E-state index is 12.5. The van der Waals surface area contributed by atoms with Crippen LogP contribution in [-0.4, -0.2) is 15.6 Å². The molecule has 0 unspecified atom stereocenters. The van der Waals surface area contributed by atoms with Gasteiger partial charge < -0.3 is 0 Å². The minimum atomic E-state index is -0.0143. The van der Waals surface area contributed by atoms with Gasteiger partial charge in [0.2, 0.25) is 0 Å². The molecule has 0 aliphatic heterocycles. The number of thiophene rings is 1. The van der Waals surface area contributed by atoms with E-state index in [4.69, 9.17) is 5.10 Å². The van der Waals surface area contributed by atoms with Crippen molar-refractivity contribution in [3.05, 3.63) is 101 Å². The second-order valence-corrected chi connectivity index (χ2v) is 7.20. The highest BCUT2D eigenvalue weighted by Gasteiger charge is 2.12. The summed E-state index contributed by atoms with van der Waals surface area (Å²) in [4.78, 5) is 13.6. The molecule has 0 saturated heterocycles. The number of rotatable bonds is 5. The number of aromatic nitrogens is 2. The van der Waals surface area contributed by atoms with Crippen LogP contribution in [0.4, 0.5) is 0 Å². The molecule has 4 aromatic rings. The van der Waals surface area contributed by atoms with Crippen LogP contribution in [0, 0.1) is 6.92 Å². The summed E-state index contributed by atoms with van der Waals surface area (Å²) in [7, 11) is 0. The molecule has 2 heterocycles. The van der Waals surface area contributed by atoms with Gasteiger partial charge in [-0.05, 0) is 42.7 Å². The third-order valence-corrected chi connectivity index (χ3v) is 5.14. The summed E-state index contributed by atoms with van der Waals surface area (Å²) in [5.41, 5.74) is 4.60. The van der Waals surface area contributed by atoms with Crippen molar-refractivity contribution >= 4 is 23.2 Å². The Kier molecular flexibility index (Phi) is 4.81. The Morgan fingerprint density at radius 2 is 1.78 bits per heavy atom. The molecule has 0 atom stereocenters. The number of hydrogen-bond donors (Lipinski definition) is 0. The molecule has 0 aliphatic carbocycles. The Morgan fingerprint density at radius 3 is 2.48 bits per heavy atom. The lowest BCUT2D eigenvalue weighted by Crippen LogP contribution is -1.93. The fourth-order valence-corrected chi connectivity index (χ4v) is 3.54. The van der Waals surface area contributed by atoms with Crippen LogP contribution in [0.5, 0.6) is 0 Å². The van der Waals surface area contributed by atoms with Crippen molar-refractivity contribution in [1.82, 2.24) is 9.78 Å². The van der Waals surface area contributed by atoms with Crippen LogP contribution in [0.2, 0.25) is 0 Å². The zero-order valence-corrected chi connectivity index (χ0v) is 15.7. The number of aryl methyl sites for hydroxylation is 1. The fourth-order valence-electron chi connectivity index (χ4n) is 2.81. The van der Waals surface area contributed by atoms with Gasteiger partial charge in [-0.1, -0.05) is 54.1 Å². The monoisotopic (exact) mass is 370 g/mol. The number of carbonyl (C=O) groups excluding carboxylic acids is 1. The van der Waals surface area contributed by atoms with Crippen LogP contribution in [-0.2, 0) is 0 Å². The first-order chi connectivity index (χ1) is 13.2. The van der Waals surface area contributed by atoms with Crippen molar-refractivity contribution in [1.29, 1.82) is 0 Å². The Labute approximate surface area is 162 Å². The SMILES string of the molecule is Cc1ccc(C(=O)/C=C/c2cn(-c3ccccc3)nc2-c2cccs2)cc1. The minimum Gasteiger partial charge on any atom is -0.289 e. The normalized spacial score (nSPS) is 11.1. The summed E-state index contributed by atoms with van der Waals surface area (Å²) in [5, 5.41) is 6.78. The molecule has 0 fully saturated rings. The van der Waals surface area contributed by atoms with Crippen LogP contribution in [0.3, 0.4) is 0 Å². The van der Waals surface area contributed by atoms with E-state index < -0.39 is 0 Å². The lowest BCUT2D eigenvalue weighted by molar-refractivity contribution is 0.104. The molecule has 2 aromatic carbocycles. The Hall–Kier alpha value is -3.24. The number of carbonyl (C=O) groups is 1. The molecule has 4 heteroatoms. The Morgan fingerprint density at radius 1 is 1.00 bits per heavy atom. The second kappa shape index (κ2) is 7.56. The van der Waals surface area contributed by atoms with E-state index in [2.05, 4.69) is 0 Å². The maximum Gasteiger partial charge on any atom is 0.185 e. The van der Waals surface area contributed by atoms with Gasteiger partial charge in [0.1, 0.15) is 5.69 Å². The molecular weight excluding hydrogens is 352 g/mol. The van der Waals surface area contributed by atoms with Gasteiger partial charge in [-0.25, -0.2) is 4.68 Å². The van der Waals surface area contributed by atoms with Crippen LogP contribution in [0.15, 0.2) is 84.4 Å². The van der Waals surface area contributed by atoms with Gasteiger partial charge in [0.05, 0.1) is 10.6 Å². The highest BCUT2D eigenvalue weighted by Crippen LogP contribution is 2.28. The number of allylic oxidation sites excluding steroid dienone is 1. The average molecular weight is 370 g/mol. The van der Waals surface area contributed by atoms with Gasteiger partial charge >= 0.3 is 0 Å². The summed E-state index contributed by atoms with van der Waals surface area (Å²) in [6.45, 7) is 2.01. The van der Waals surface area contributed by atoms with Crippen molar-refractivity contribution in [2.75, 3.05) is 0 Å². The van der Waals surface area contributed by atoms with Crippen LogP contribution in [0.25, 0.3) is 22.3 Å². The predicted molar refractivity (Wildman–Crippen MR) is 111 cm³/mol. The van der Waals surface area contributed by atoms with E-state index in [1.54, 1.807) is 17.4 Å². The summed E-state index contributed by atoms with van der Waals surface area (Å²) in [6, 6.07) is 21.6. The molecule has 0 aliphatic rings. The molecule has 0 spiro atoms. The van der Waals surface area contributed by atoms with Gasteiger partial charge in [-0.2, -0.15) is 5.10 Å². The summed E-state index contributed by atoms with van der Waals surface area (Å²) < 4.78 is 1.85. The van der Waals surface area contributed by atoms with E-state index in [0.29, 0.717) is 5.56 Å². The van der Waals surface area contributed by atoms with Crippen molar-refractivity contribution in [2.45, 2.75) is 6.92 Å². The molecule has 0 amide bonds. The topological polar surface area (TPSA) is 34.9 Å². The third-order valence-electron chi connectivity index (χ3n) is 4.27. The Bertz CT molecular complexity index is 1080. The second-order valence-electron chi connectivity index (χ2n) is 6.25. The zero-order chi connectivity index (χ0) is 18.6. The summed E-state index contributed by atoms with van der Waals surface area (Å²) >= 11 is 1.64. The van der Waals surface area contributed by atoms with Gasteiger partial charge in [-0.3, -0.25) is 4.79 Å². The maximum atomic E-state index is 12.5. The highest BCUT2D eigenvalue weighted by molar-refractivity contribution is 7.13. The standard InChI is InChI=1S/C23H18N2OS/c1-17-9-11-18(12-10-17)21(26)14-13-19-16-25(20-6-3-2-4-7-20)24-23(19)22-8-5-15-27-22/h2-16H,1H3/b14-13+. The van der Waals surface area contributed by atoms with E-state index in [0.717, 1.165) is 27.4 Å². The number of para-hydroxylation sites is 1. The van der Waals surface area contributed by atoms with Gasteiger partial charge in [0, 0.05) is 17.3 Å². The van der Waals surface area contributed by atoms with Crippen molar-refractivity contribution in [3.8, 4) is 16.3 Å². The van der Waals surface area contributed by atoms with E-state index >= 15 is 0 Å². The van der Waals surface area contributed by atoms with E-state index in [9.17, 15) is 4.79 Å². The molecule has 27 heavy (non-hydrogen) atoms. The lowest BCUT2D eigenvalue weighted by atomic mass is 10.1. The summed E-state index contributed by atoms with van der Waals surface area (Å²) in [5.74, 6) is -0.0143. The molecule has 3 nitrogen and oxygen atoms in total. The van der Waals surface area contributed by atoms with Crippen molar-refractivity contribution in [3.63, 3.8) is 0 Å². The van der Waals surface area contributed by atoms with Gasteiger partial charge in [0.25, 0.3) is 0 Å². The number of hydrogen-bond acceptors (Lipinski definition) is 3. The number of benzene rings is 2. The van der Waals surface area contributed by atoms with E-state index in [-0.39, 0.29) is 5.78 Å². The van der Waals surface area contributed by atoms with Gasteiger partial charge in [0.15, 0.2) is 5.78 Å². The molecular formula is C23H18N2OS. The van der Waals surface area contributed by atoms with E-state index in [1.165, 1.54) is 0 Å². The molecule has 4 rings (SSSR count). The van der Waals surface area contributed by atoms with Crippen molar-refractivity contribution < 1.29 is 4.79 Å².